The fourth-order valence-corrected chi connectivity index (χ4v) is 6.07. The number of nitrogens with zero attached hydrogens (tertiary/aromatic N) is 4. The second-order valence-corrected chi connectivity index (χ2v) is 10.7. The first kappa shape index (κ1) is 23.8. The Bertz CT molecular complexity index is 1150. The maximum Gasteiger partial charge on any atom is 0.416 e. The number of nitriles is 1. The number of nitrogens with two attached hydrogens (primary N) is 1. The molecule has 170 valence electrons. The van der Waals surface area contributed by atoms with Crippen molar-refractivity contribution in [2.75, 3.05) is 19.8 Å². The summed E-state index contributed by atoms with van der Waals surface area (Å²) in [5.74, 6) is -4.30. The number of nitrogen functional groups attached to an aromatic ring is 1. The number of alkyl halides is 6. The Morgan fingerprint density at radius 2 is 1.94 bits per heavy atom. The van der Waals surface area contributed by atoms with Crippen LogP contribution in [-0.4, -0.2) is 53.6 Å². The van der Waals surface area contributed by atoms with Crippen molar-refractivity contribution >= 4 is 39.0 Å². The van der Waals surface area contributed by atoms with E-state index in [4.69, 9.17) is 28.9 Å². The molecule has 3 atom stereocenters. The Hall–Kier alpha value is -1.88. The third-order valence-corrected chi connectivity index (χ3v) is 8.41. The normalized spacial score (nSPS) is 30.5. The number of allylic oxidation sites excluding steroid dienone is 4. The first-order valence-electron chi connectivity index (χ1n) is 8.37. The highest BCUT2D eigenvalue weighted by Crippen LogP contribution is 2.66. The lowest BCUT2D eigenvalue weighted by atomic mass is 9.91. The van der Waals surface area contributed by atoms with Crippen LogP contribution in [0.3, 0.4) is 0 Å². The molecule has 0 saturated heterocycles. The van der Waals surface area contributed by atoms with E-state index in [1.165, 1.54) is 6.07 Å². The Morgan fingerprint density at radius 1 is 1.39 bits per heavy atom. The van der Waals surface area contributed by atoms with Crippen LogP contribution >= 0.6 is 23.2 Å². The molecule has 2 aliphatic carbocycles. The summed E-state index contributed by atoms with van der Waals surface area (Å²) in [6.45, 7) is 0. The maximum atomic E-state index is 14.4. The fourth-order valence-electron chi connectivity index (χ4n) is 3.51. The summed E-state index contributed by atoms with van der Waals surface area (Å²) in [4.78, 5) is -2.44. The number of anilines is 1. The van der Waals surface area contributed by atoms with Gasteiger partial charge >= 0.3 is 6.18 Å². The Kier molecular flexibility index (Phi) is 5.22. The Morgan fingerprint density at radius 3 is 2.35 bits per heavy atom. The van der Waals surface area contributed by atoms with Crippen molar-refractivity contribution < 1.29 is 30.4 Å². The van der Waals surface area contributed by atoms with E-state index in [2.05, 4.69) is 5.10 Å². The monoisotopic (exact) mass is 505 g/mol. The predicted octanol–water partition coefficient (Wildman–Crippen LogP) is 3.26. The van der Waals surface area contributed by atoms with Crippen LogP contribution in [0.15, 0.2) is 29.0 Å². The molecule has 3 unspecified atom stereocenters. The second-order valence-electron chi connectivity index (χ2n) is 7.29. The molecule has 2 aliphatic rings. The van der Waals surface area contributed by atoms with Crippen LogP contribution in [0, 0.1) is 11.3 Å². The molecule has 2 N–H and O–H groups in total. The molecule has 7 nitrogen and oxygen atoms in total. The summed E-state index contributed by atoms with van der Waals surface area (Å²) in [5.41, 5.74) is 4.06. The fraction of sp³-hybridized carbons (Fsp3) is 0.500. The molecular weight excluding hydrogens is 492 g/mol. The topological polar surface area (TPSA) is 105 Å². The Labute approximate surface area is 183 Å². The molecule has 0 bridgehead atoms. The van der Waals surface area contributed by atoms with Crippen molar-refractivity contribution in [1.82, 2.24) is 14.1 Å². The van der Waals surface area contributed by atoms with Gasteiger partial charge in [-0.25, -0.2) is 26.2 Å². The van der Waals surface area contributed by atoms with Gasteiger partial charge in [-0.1, -0.05) is 23.2 Å². The van der Waals surface area contributed by atoms with Crippen molar-refractivity contribution in [3.8, 4) is 6.07 Å². The molecule has 1 fully saturated rings. The molecule has 1 heterocycles. The molecule has 0 spiro atoms. The molecule has 31 heavy (non-hydrogen) atoms. The van der Waals surface area contributed by atoms with Crippen LogP contribution in [0.25, 0.3) is 0 Å². The lowest BCUT2D eigenvalue weighted by Crippen LogP contribution is -2.39. The molecule has 15 heteroatoms. The summed E-state index contributed by atoms with van der Waals surface area (Å²) in [6, 6.07) is -0.143. The maximum absolute atomic E-state index is 14.4. The van der Waals surface area contributed by atoms with Gasteiger partial charge in [0.15, 0.2) is 9.62 Å². The first-order chi connectivity index (χ1) is 14.0. The number of sulfonamides is 1. The quantitative estimate of drug-likeness (QED) is 0.499. The van der Waals surface area contributed by atoms with Crippen LogP contribution in [-0.2, 0) is 14.8 Å². The highest BCUT2D eigenvalue weighted by atomic mass is 35.5. The number of hydrogen-bond acceptors (Lipinski definition) is 5. The summed E-state index contributed by atoms with van der Waals surface area (Å²) in [7, 11) is -2.47. The van der Waals surface area contributed by atoms with E-state index in [-0.39, 0.29) is 0 Å². The molecule has 0 amide bonds. The molecule has 1 aromatic heterocycles. The van der Waals surface area contributed by atoms with Crippen LogP contribution in [0.1, 0.15) is 18.0 Å². The standard InChI is InChI=1S/C16H14Cl2F5N5O2S/c1-27(2)31(29,30)14(6-15(14,19)20)9-5-26-28(12(9)25)11-10(17)3-8(16(21,22)23)4-13(11,18)7-24/h3-5,11H,6,25H2,1-2H3. The minimum atomic E-state index is -4.87. The summed E-state index contributed by atoms with van der Waals surface area (Å²) < 4.78 is 92.0. The van der Waals surface area contributed by atoms with Crippen molar-refractivity contribution in [1.29, 1.82) is 5.26 Å². The van der Waals surface area contributed by atoms with E-state index in [0.29, 0.717) is 21.1 Å². The van der Waals surface area contributed by atoms with Gasteiger partial charge in [0.25, 0.3) is 5.92 Å². The minimum Gasteiger partial charge on any atom is -0.384 e. The van der Waals surface area contributed by atoms with Gasteiger partial charge < -0.3 is 5.73 Å². The van der Waals surface area contributed by atoms with Gasteiger partial charge in [0, 0.05) is 31.1 Å². The Balaban J connectivity index is 2.18. The van der Waals surface area contributed by atoms with E-state index in [0.717, 1.165) is 20.3 Å². The van der Waals surface area contributed by atoms with E-state index >= 15 is 0 Å². The predicted molar refractivity (Wildman–Crippen MR) is 102 cm³/mol. The smallest absolute Gasteiger partial charge is 0.384 e. The van der Waals surface area contributed by atoms with Crippen LogP contribution in [0.2, 0.25) is 0 Å². The molecular formula is C16H14Cl2F5N5O2S. The van der Waals surface area contributed by atoms with Crippen molar-refractivity contribution in [3.63, 3.8) is 0 Å². The summed E-state index contributed by atoms with van der Waals surface area (Å²) >= 11 is 12.1. The largest absolute Gasteiger partial charge is 0.416 e. The lowest BCUT2D eigenvalue weighted by molar-refractivity contribution is -0.0889. The highest BCUT2D eigenvalue weighted by molar-refractivity contribution is 7.90. The number of halogens is 7. The third-order valence-electron chi connectivity index (χ3n) is 5.19. The zero-order chi connectivity index (χ0) is 23.8. The third kappa shape index (κ3) is 3.23. The SMILES string of the molecule is CN(C)S(=O)(=O)C1(c2cnn(C3C(Cl)=CC(C(F)(F)F)=CC3(Cl)C#N)c2N)CC1(F)F. The van der Waals surface area contributed by atoms with Crippen molar-refractivity contribution in [2.24, 2.45) is 0 Å². The average Bonchev–Trinajstić information content (AvgIpc) is 3.03. The number of aromatic nitrogens is 2. The highest BCUT2D eigenvalue weighted by Gasteiger charge is 2.81. The lowest BCUT2D eigenvalue weighted by Gasteiger charge is -2.32. The molecule has 1 aromatic rings. The van der Waals surface area contributed by atoms with Crippen molar-refractivity contribution in [3.05, 3.63) is 34.5 Å². The summed E-state index contributed by atoms with van der Waals surface area (Å²) in [6.07, 6.45) is -4.28. The molecule has 3 rings (SSSR count). The van der Waals surface area contributed by atoms with Crippen LogP contribution in [0.4, 0.5) is 27.8 Å². The van der Waals surface area contributed by atoms with Gasteiger partial charge in [0.1, 0.15) is 11.9 Å². The second kappa shape index (κ2) is 6.81. The van der Waals surface area contributed by atoms with E-state index < -0.39 is 66.2 Å². The zero-order valence-electron chi connectivity index (χ0n) is 15.8. The van der Waals surface area contributed by atoms with E-state index in [1.807, 2.05) is 0 Å². The average molecular weight is 506 g/mol. The van der Waals surface area contributed by atoms with Crippen LogP contribution in [0.5, 0.6) is 0 Å². The molecule has 0 radical (unpaired) electrons. The van der Waals surface area contributed by atoms with Gasteiger partial charge in [-0.2, -0.15) is 23.5 Å². The van der Waals surface area contributed by atoms with E-state index in [9.17, 15) is 35.6 Å². The zero-order valence-corrected chi connectivity index (χ0v) is 18.1. The molecule has 0 aromatic carbocycles. The summed E-state index contributed by atoms with van der Waals surface area (Å²) in [5, 5.41) is 12.6. The molecule has 0 aliphatic heterocycles. The number of hydrogen-bond donors (Lipinski definition) is 1. The van der Waals surface area contributed by atoms with Gasteiger partial charge in [-0.05, 0) is 12.2 Å². The molecule has 1 saturated carbocycles. The minimum absolute atomic E-state index is 0.407. The van der Waals surface area contributed by atoms with Crippen molar-refractivity contribution in [2.45, 2.75) is 34.2 Å². The number of rotatable bonds is 4. The van der Waals surface area contributed by atoms with Gasteiger partial charge in [-0.3, -0.25) is 0 Å². The van der Waals surface area contributed by atoms with Gasteiger partial charge in [-0.15, -0.1) is 0 Å². The van der Waals surface area contributed by atoms with Crippen LogP contribution < -0.4 is 5.73 Å². The van der Waals surface area contributed by atoms with Gasteiger partial charge in [0.2, 0.25) is 10.0 Å². The first-order valence-corrected chi connectivity index (χ1v) is 10.6. The van der Waals surface area contributed by atoms with E-state index in [1.54, 1.807) is 0 Å². The van der Waals surface area contributed by atoms with Gasteiger partial charge in [0.05, 0.1) is 17.8 Å².